The van der Waals surface area contributed by atoms with Crippen molar-refractivity contribution in [2.75, 3.05) is 19.3 Å². The maximum absolute atomic E-state index is 12.5. The average Bonchev–Trinajstić information content (AvgIpc) is 2.45. The van der Waals surface area contributed by atoms with Crippen molar-refractivity contribution in [2.24, 2.45) is 0 Å². The summed E-state index contributed by atoms with van der Waals surface area (Å²) in [6.45, 7) is 2.23. The summed E-state index contributed by atoms with van der Waals surface area (Å²) in [6, 6.07) is 10.6. The molecule has 1 aromatic heterocycles. The number of sulfonamides is 1. The number of nitrogen functional groups attached to an aromatic ring is 1. The van der Waals surface area contributed by atoms with E-state index in [0.29, 0.717) is 13.0 Å². The minimum absolute atomic E-state index is 0.150. The summed E-state index contributed by atoms with van der Waals surface area (Å²) in [7, 11) is -2.02. The molecule has 0 atom stereocenters. The highest BCUT2D eigenvalue weighted by molar-refractivity contribution is 7.89. The Hall–Kier alpha value is -1.92. The van der Waals surface area contributed by atoms with Crippen molar-refractivity contribution in [3.8, 4) is 0 Å². The topological polar surface area (TPSA) is 76.3 Å². The predicted octanol–water partition coefficient (Wildman–Crippen LogP) is 1.84. The van der Waals surface area contributed by atoms with Crippen molar-refractivity contribution in [3.63, 3.8) is 0 Å². The Labute approximate surface area is 125 Å². The van der Waals surface area contributed by atoms with E-state index in [1.54, 1.807) is 31.4 Å². The van der Waals surface area contributed by atoms with Crippen molar-refractivity contribution in [2.45, 2.75) is 18.2 Å². The lowest BCUT2D eigenvalue weighted by Gasteiger charge is -2.18. The minimum atomic E-state index is -3.58. The van der Waals surface area contributed by atoms with Crippen LogP contribution in [-0.2, 0) is 16.4 Å². The molecule has 0 aliphatic carbocycles. The molecule has 2 N–H and O–H groups in total. The fourth-order valence-electron chi connectivity index (χ4n) is 2.01. The van der Waals surface area contributed by atoms with E-state index in [2.05, 4.69) is 4.98 Å². The third kappa shape index (κ3) is 3.59. The molecule has 6 heteroatoms. The van der Waals surface area contributed by atoms with Gasteiger partial charge in [0.05, 0.1) is 5.69 Å². The summed E-state index contributed by atoms with van der Waals surface area (Å²) in [5.41, 5.74) is 7.90. The molecule has 0 amide bonds. The maximum atomic E-state index is 12.5. The predicted molar refractivity (Wildman–Crippen MR) is 83.3 cm³/mol. The van der Waals surface area contributed by atoms with Crippen molar-refractivity contribution >= 4 is 15.7 Å². The number of aromatic nitrogens is 1. The van der Waals surface area contributed by atoms with E-state index in [1.165, 1.54) is 4.31 Å². The molecule has 0 saturated heterocycles. The van der Waals surface area contributed by atoms with Crippen LogP contribution >= 0.6 is 0 Å². The van der Waals surface area contributed by atoms with Gasteiger partial charge < -0.3 is 5.73 Å². The molecule has 0 spiro atoms. The van der Waals surface area contributed by atoms with E-state index in [-0.39, 0.29) is 10.6 Å². The van der Waals surface area contributed by atoms with E-state index in [4.69, 9.17) is 5.73 Å². The minimum Gasteiger partial charge on any atom is -0.398 e. The van der Waals surface area contributed by atoms with Gasteiger partial charge in [0.2, 0.25) is 10.0 Å². The van der Waals surface area contributed by atoms with Gasteiger partial charge in [0.1, 0.15) is 4.90 Å². The van der Waals surface area contributed by atoms with Crippen LogP contribution in [0.1, 0.15) is 11.3 Å². The van der Waals surface area contributed by atoms with Gasteiger partial charge in [-0.1, -0.05) is 12.1 Å². The molecule has 0 saturated carbocycles. The number of rotatable bonds is 5. The molecule has 0 aliphatic heterocycles. The molecular formula is C15H19N3O2S. The number of nitrogens with two attached hydrogens (primary N) is 1. The van der Waals surface area contributed by atoms with E-state index in [1.807, 2.05) is 25.1 Å². The maximum Gasteiger partial charge on any atom is 0.244 e. The van der Waals surface area contributed by atoms with Crippen LogP contribution in [0.5, 0.6) is 0 Å². The number of anilines is 1. The second kappa shape index (κ2) is 6.24. The molecule has 0 bridgehead atoms. The van der Waals surface area contributed by atoms with Crippen molar-refractivity contribution in [3.05, 3.63) is 53.9 Å². The van der Waals surface area contributed by atoms with Crippen molar-refractivity contribution < 1.29 is 8.42 Å². The number of aryl methyl sites for hydroxylation is 1. The largest absolute Gasteiger partial charge is 0.398 e. The molecule has 2 aromatic rings. The van der Waals surface area contributed by atoms with Crippen LogP contribution in [0.15, 0.2) is 47.5 Å². The second-order valence-electron chi connectivity index (χ2n) is 4.94. The lowest BCUT2D eigenvalue weighted by Crippen LogP contribution is -2.29. The first-order valence-electron chi connectivity index (χ1n) is 6.63. The fraction of sp³-hybridized carbons (Fsp3) is 0.267. The Balaban J connectivity index is 2.15. The Morgan fingerprint density at radius 1 is 1.24 bits per heavy atom. The summed E-state index contributed by atoms with van der Waals surface area (Å²) in [4.78, 5) is 4.34. The first-order valence-corrected chi connectivity index (χ1v) is 8.07. The van der Waals surface area contributed by atoms with Gasteiger partial charge in [0.15, 0.2) is 0 Å². The molecule has 2 rings (SSSR count). The number of likely N-dealkylation sites (N-methyl/N-ethyl adjacent to an activating group) is 1. The van der Waals surface area contributed by atoms with Gasteiger partial charge in [-0.25, -0.2) is 12.7 Å². The molecule has 0 unspecified atom stereocenters. The second-order valence-corrected chi connectivity index (χ2v) is 6.95. The summed E-state index contributed by atoms with van der Waals surface area (Å²) >= 11 is 0. The highest BCUT2D eigenvalue weighted by Crippen LogP contribution is 2.22. The lowest BCUT2D eigenvalue weighted by molar-refractivity contribution is 0.471. The Kier molecular flexibility index (Phi) is 4.59. The van der Waals surface area contributed by atoms with Crippen LogP contribution in [-0.4, -0.2) is 31.3 Å². The van der Waals surface area contributed by atoms with Gasteiger partial charge in [-0.3, -0.25) is 4.98 Å². The first kappa shape index (κ1) is 15.5. The summed E-state index contributed by atoms with van der Waals surface area (Å²) in [6.07, 6.45) is 2.25. The van der Waals surface area contributed by atoms with Crippen LogP contribution in [0.2, 0.25) is 0 Å². The number of pyridine rings is 1. The van der Waals surface area contributed by atoms with Crippen LogP contribution in [0.3, 0.4) is 0 Å². The van der Waals surface area contributed by atoms with Crippen molar-refractivity contribution in [1.82, 2.24) is 9.29 Å². The molecule has 1 aromatic carbocycles. The standard InChI is InChI=1S/C15H19N3O2S/c1-12-6-7-15(14(16)11-12)21(19,20)18(2)10-8-13-5-3-4-9-17-13/h3-7,9,11H,8,10,16H2,1-2H3. The Morgan fingerprint density at radius 3 is 2.62 bits per heavy atom. The fourth-order valence-corrected chi connectivity index (χ4v) is 3.27. The number of benzene rings is 1. The van der Waals surface area contributed by atoms with Gasteiger partial charge in [0.25, 0.3) is 0 Å². The monoisotopic (exact) mass is 305 g/mol. The zero-order valence-electron chi connectivity index (χ0n) is 12.2. The molecule has 112 valence electrons. The molecule has 0 aliphatic rings. The smallest absolute Gasteiger partial charge is 0.244 e. The zero-order valence-corrected chi connectivity index (χ0v) is 13.0. The molecular weight excluding hydrogens is 286 g/mol. The van der Waals surface area contributed by atoms with E-state index >= 15 is 0 Å². The van der Waals surface area contributed by atoms with Gasteiger partial charge in [0, 0.05) is 31.9 Å². The highest BCUT2D eigenvalue weighted by Gasteiger charge is 2.22. The summed E-state index contributed by atoms with van der Waals surface area (Å²) in [5.74, 6) is 0. The number of nitrogens with zero attached hydrogens (tertiary/aromatic N) is 2. The highest BCUT2D eigenvalue weighted by atomic mass is 32.2. The van der Waals surface area contributed by atoms with Gasteiger partial charge in [-0.2, -0.15) is 0 Å². The van der Waals surface area contributed by atoms with Crippen molar-refractivity contribution in [1.29, 1.82) is 0 Å². The quantitative estimate of drug-likeness (QED) is 0.855. The number of hydrogen-bond acceptors (Lipinski definition) is 4. The van der Waals surface area contributed by atoms with Crippen LogP contribution in [0.25, 0.3) is 0 Å². The van der Waals surface area contributed by atoms with E-state index in [9.17, 15) is 8.42 Å². The van der Waals surface area contributed by atoms with Gasteiger partial charge in [-0.05, 0) is 36.8 Å². The number of hydrogen-bond donors (Lipinski definition) is 1. The average molecular weight is 305 g/mol. The molecule has 0 fully saturated rings. The lowest BCUT2D eigenvalue weighted by atomic mass is 10.2. The first-order chi connectivity index (χ1) is 9.91. The van der Waals surface area contributed by atoms with E-state index < -0.39 is 10.0 Å². The Bertz CT molecular complexity index is 715. The van der Waals surface area contributed by atoms with Crippen LogP contribution in [0, 0.1) is 6.92 Å². The molecule has 0 radical (unpaired) electrons. The molecule has 5 nitrogen and oxygen atoms in total. The van der Waals surface area contributed by atoms with Crippen LogP contribution < -0.4 is 5.73 Å². The van der Waals surface area contributed by atoms with Crippen LogP contribution in [0.4, 0.5) is 5.69 Å². The zero-order chi connectivity index (χ0) is 15.5. The summed E-state index contributed by atoms with van der Waals surface area (Å²) in [5, 5.41) is 0. The third-order valence-corrected chi connectivity index (χ3v) is 5.19. The molecule has 1 heterocycles. The van der Waals surface area contributed by atoms with E-state index in [0.717, 1.165) is 11.3 Å². The SMILES string of the molecule is Cc1ccc(S(=O)(=O)N(C)CCc2ccccn2)c(N)c1. The van der Waals surface area contributed by atoms with Gasteiger partial charge in [-0.15, -0.1) is 0 Å². The molecule has 21 heavy (non-hydrogen) atoms. The summed E-state index contributed by atoms with van der Waals surface area (Å²) < 4.78 is 26.3. The normalized spacial score (nSPS) is 11.8. The Morgan fingerprint density at radius 2 is 2.00 bits per heavy atom. The third-order valence-electron chi connectivity index (χ3n) is 3.26. The van der Waals surface area contributed by atoms with Gasteiger partial charge >= 0.3 is 0 Å².